The van der Waals surface area contributed by atoms with Crippen LogP contribution in [0.4, 0.5) is 0 Å². The average Bonchev–Trinajstić information content (AvgIpc) is 2.60. The van der Waals surface area contributed by atoms with Crippen LogP contribution in [-0.2, 0) is 6.54 Å². The van der Waals surface area contributed by atoms with Gasteiger partial charge in [-0.1, -0.05) is 0 Å². The van der Waals surface area contributed by atoms with Crippen molar-refractivity contribution in [3.8, 4) is 11.8 Å². The van der Waals surface area contributed by atoms with Crippen molar-refractivity contribution in [2.24, 2.45) is 0 Å². The topological polar surface area (TPSA) is 50.8 Å². The summed E-state index contributed by atoms with van der Waals surface area (Å²) in [5, 5.41) is 12.3. The zero-order valence-corrected chi connectivity index (χ0v) is 7.73. The van der Waals surface area contributed by atoms with Gasteiger partial charge >= 0.3 is 0 Å². The van der Waals surface area contributed by atoms with E-state index in [0.29, 0.717) is 13.0 Å². The van der Waals surface area contributed by atoms with Gasteiger partial charge in [-0.3, -0.25) is 4.68 Å². The molecule has 4 heteroatoms. The van der Waals surface area contributed by atoms with E-state index >= 15 is 0 Å². The van der Waals surface area contributed by atoms with Crippen molar-refractivity contribution in [1.29, 1.82) is 5.26 Å². The molecule has 0 amide bonds. The number of aryl methyl sites for hydroxylation is 1. The fourth-order valence-corrected chi connectivity index (χ4v) is 0.933. The summed E-state index contributed by atoms with van der Waals surface area (Å²) in [5.74, 6) is 0.778. The highest BCUT2D eigenvalue weighted by molar-refractivity contribution is 5.11. The highest BCUT2D eigenvalue weighted by atomic mass is 16.5. The van der Waals surface area contributed by atoms with Gasteiger partial charge in [-0.05, 0) is 13.3 Å². The molecule has 0 atom stereocenters. The Kier molecular flexibility index (Phi) is 3.83. The second-order valence-corrected chi connectivity index (χ2v) is 2.64. The smallest absolute Gasteiger partial charge is 0.157 e. The molecular weight excluding hydrogens is 166 g/mol. The SMILES string of the molecule is CCn1cc(OCCCC#N)cn1. The molecule has 1 heterocycles. The monoisotopic (exact) mass is 179 g/mol. The quantitative estimate of drug-likeness (QED) is 0.645. The number of hydrogen-bond acceptors (Lipinski definition) is 3. The maximum Gasteiger partial charge on any atom is 0.157 e. The number of hydrogen-bond donors (Lipinski definition) is 0. The molecule has 4 nitrogen and oxygen atoms in total. The number of ether oxygens (including phenoxy) is 1. The van der Waals surface area contributed by atoms with E-state index < -0.39 is 0 Å². The van der Waals surface area contributed by atoms with E-state index in [-0.39, 0.29) is 0 Å². The van der Waals surface area contributed by atoms with Gasteiger partial charge in [0.1, 0.15) is 0 Å². The van der Waals surface area contributed by atoms with E-state index in [1.54, 1.807) is 10.9 Å². The summed E-state index contributed by atoms with van der Waals surface area (Å²) in [6.45, 7) is 3.46. The molecule has 0 saturated heterocycles. The molecule has 0 unspecified atom stereocenters. The summed E-state index contributed by atoms with van der Waals surface area (Å²) in [5.41, 5.74) is 0. The van der Waals surface area contributed by atoms with Gasteiger partial charge in [0, 0.05) is 13.0 Å². The van der Waals surface area contributed by atoms with Crippen LogP contribution in [0.3, 0.4) is 0 Å². The molecule has 1 rings (SSSR count). The van der Waals surface area contributed by atoms with Crippen LogP contribution in [0.25, 0.3) is 0 Å². The average molecular weight is 179 g/mol. The highest BCUT2D eigenvalue weighted by Crippen LogP contribution is 2.08. The third-order valence-corrected chi connectivity index (χ3v) is 1.64. The van der Waals surface area contributed by atoms with E-state index in [2.05, 4.69) is 11.2 Å². The molecule has 0 bridgehead atoms. The van der Waals surface area contributed by atoms with Crippen molar-refractivity contribution in [2.45, 2.75) is 26.3 Å². The summed E-state index contributed by atoms with van der Waals surface area (Å²) in [4.78, 5) is 0. The van der Waals surface area contributed by atoms with E-state index in [1.807, 2.05) is 13.1 Å². The standard InChI is InChI=1S/C9H13N3O/c1-2-12-8-9(7-11-12)13-6-4-3-5-10/h7-8H,2-4,6H2,1H3. The Labute approximate surface area is 77.7 Å². The first-order chi connectivity index (χ1) is 6.36. The third kappa shape index (κ3) is 3.16. The van der Waals surface area contributed by atoms with E-state index in [0.717, 1.165) is 18.7 Å². The summed E-state index contributed by atoms with van der Waals surface area (Å²) in [6.07, 6.45) is 4.86. The van der Waals surface area contributed by atoms with Gasteiger partial charge in [-0.2, -0.15) is 10.4 Å². The van der Waals surface area contributed by atoms with Gasteiger partial charge < -0.3 is 4.74 Å². The normalized spacial score (nSPS) is 9.54. The minimum atomic E-state index is 0.544. The number of unbranched alkanes of at least 4 members (excludes halogenated alkanes) is 1. The second-order valence-electron chi connectivity index (χ2n) is 2.64. The Hall–Kier alpha value is -1.50. The summed E-state index contributed by atoms with van der Waals surface area (Å²) in [6, 6.07) is 2.07. The molecule has 0 radical (unpaired) electrons. The van der Waals surface area contributed by atoms with Gasteiger partial charge in [0.2, 0.25) is 0 Å². The molecule has 0 aromatic carbocycles. The van der Waals surface area contributed by atoms with Crippen LogP contribution < -0.4 is 4.74 Å². The van der Waals surface area contributed by atoms with Crippen molar-refractivity contribution >= 4 is 0 Å². The lowest BCUT2D eigenvalue weighted by Crippen LogP contribution is -1.96. The summed E-state index contributed by atoms with van der Waals surface area (Å²) >= 11 is 0. The molecule has 0 aliphatic heterocycles. The Bertz CT molecular complexity index is 287. The van der Waals surface area contributed by atoms with E-state index in [1.165, 1.54) is 0 Å². The molecule has 0 aliphatic rings. The maximum atomic E-state index is 8.28. The lowest BCUT2D eigenvalue weighted by Gasteiger charge is -1.99. The number of rotatable bonds is 5. The van der Waals surface area contributed by atoms with Crippen LogP contribution in [0.2, 0.25) is 0 Å². The highest BCUT2D eigenvalue weighted by Gasteiger charge is 1.96. The van der Waals surface area contributed by atoms with Crippen LogP contribution >= 0.6 is 0 Å². The van der Waals surface area contributed by atoms with Crippen LogP contribution in [0.15, 0.2) is 12.4 Å². The molecule has 0 N–H and O–H groups in total. The summed E-state index contributed by atoms with van der Waals surface area (Å²) in [7, 11) is 0. The Morgan fingerprint density at radius 3 is 3.15 bits per heavy atom. The number of aromatic nitrogens is 2. The predicted octanol–water partition coefficient (Wildman–Crippen LogP) is 1.59. The molecule has 1 aromatic rings. The molecule has 0 aliphatic carbocycles. The molecular formula is C9H13N3O. The van der Waals surface area contributed by atoms with Gasteiger partial charge in [0.25, 0.3) is 0 Å². The Morgan fingerprint density at radius 2 is 2.54 bits per heavy atom. The molecule has 0 saturated carbocycles. The van der Waals surface area contributed by atoms with E-state index in [4.69, 9.17) is 10.00 Å². The predicted molar refractivity (Wildman–Crippen MR) is 48.2 cm³/mol. The first-order valence-electron chi connectivity index (χ1n) is 4.39. The van der Waals surface area contributed by atoms with Crippen molar-refractivity contribution < 1.29 is 4.74 Å². The van der Waals surface area contributed by atoms with Crippen molar-refractivity contribution in [2.75, 3.05) is 6.61 Å². The van der Waals surface area contributed by atoms with E-state index in [9.17, 15) is 0 Å². The van der Waals surface area contributed by atoms with Crippen molar-refractivity contribution in [3.05, 3.63) is 12.4 Å². The Balaban J connectivity index is 2.25. The van der Waals surface area contributed by atoms with Crippen molar-refractivity contribution in [1.82, 2.24) is 9.78 Å². The first-order valence-corrected chi connectivity index (χ1v) is 4.39. The van der Waals surface area contributed by atoms with Crippen LogP contribution in [0, 0.1) is 11.3 Å². The van der Waals surface area contributed by atoms with Gasteiger partial charge in [-0.15, -0.1) is 0 Å². The van der Waals surface area contributed by atoms with Gasteiger partial charge in [0.05, 0.1) is 25.1 Å². The van der Waals surface area contributed by atoms with Crippen LogP contribution in [0.5, 0.6) is 5.75 Å². The fourth-order valence-electron chi connectivity index (χ4n) is 0.933. The fraction of sp³-hybridized carbons (Fsp3) is 0.556. The zero-order valence-electron chi connectivity index (χ0n) is 7.73. The van der Waals surface area contributed by atoms with Crippen LogP contribution in [0.1, 0.15) is 19.8 Å². The molecule has 13 heavy (non-hydrogen) atoms. The lowest BCUT2D eigenvalue weighted by atomic mass is 10.3. The number of nitriles is 1. The number of nitrogens with zero attached hydrogens (tertiary/aromatic N) is 3. The van der Waals surface area contributed by atoms with Crippen molar-refractivity contribution in [3.63, 3.8) is 0 Å². The first kappa shape index (κ1) is 9.59. The largest absolute Gasteiger partial charge is 0.490 e. The third-order valence-electron chi connectivity index (χ3n) is 1.64. The zero-order chi connectivity index (χ0) is 9.52. The molecule has 0 fully saturated rings. The second kappa shape index (κ2) is 5.20. The van der Waals surface area contributed by atoms with Crippen LogP contribution in [-0.4, -0.2) is 16.4 Å². The molecule has 1 aromatic heterocycles. The lowest BCUT2D eigenvalue weighted by molar-refractivity contribution is 0.312. The summed E-state index contributed by atoms with van der Waals surface area (Å²) < 4.78 is 7.16. The molecule has 70 valence electrons. The Morgan fingerprint density at radius 1 is 1.69 bits per heavy atom. The minimum Gasteiger partial charge on any atom is -0.490 e. The minimum absolute atomic E-state index is 0.544. The maximum absolute atomic E-state index is 8.28. The molecule has 0 spiro atoms. The van der Waals surface area contributed by atoms with Gasteiger partial charge in [0.15, 0.2) is 5.75 Å². The van der Waals surface area contributed by atoms with Gasteiger partial charge in [-0.25, -0.2) is 0 Å².